The molecule has 0 aliphatic heterocycles. The molecule has 0 aromatic heterocycles. The van der Waals surface area contributed by atoms with Gasteiger partial charge in [0.2, 0.25) is 0 Å². The molecular weight excluding hydrogens is 180 g/mol. The first-order valence-corrected chi connectivity index (χ1v) is 5.50. The molecule has 0 spiro atoms. The van der Waals surface area contributed by atoms with Crippen molar-refractivity contribution in [3.05, 3.63) is 53.6 Å². The summed E-state index contributed by atoms with van der Waals surface area (Å²) < 4.78 is 0. The Morgan fingerprint density at radius 3 is 2.33 bits per heavy atom. The molecule has 0 bridgehead atoms. The van der Waals surface area contributed by atoms with Crippen LogP contribution in [0.2, 0.25) is 0 Å². The fraction of sp³-hybridized carbons (Fsp3) is 0.333. The van der Waals surface area contributed by atoms with E-state index in [1.807, 2.05) is 6.92 Å². The highest BCUT2D eigenvalue weighted by molar-refractivity contribution is 5.50. The number of hydrogen-bond acceptors (Lipinski definition) is 0. The van der Waals surface area contributed by atoms with E-state index in [9.17, 15) is 0 Å². The minimum atomic E-state index is 0.610. The Balaban J connectivity index is 2.64. The SMILES string of the molecule is C=C(C)C/C=C/c1ccc(C(C)C)cc1. The highest BCUT2D eigenvalue weighted by atomic mass is 14.0. The first-order chi connectivity index (χ1) is 7.09. The highest BCUT2D eigenvalue weighted by Gasteiger charge is 1.96. The predicted molar refractivity (Wildman–Crippen MR) is 69.0 cm³/mol. The zero-order valence-electron chi connectivity index (χ0n) is 9.96. The summed E-state index contributed by atoms with van der Waals surface area (Å²) in [6.07, 6.45) is 5.28. The molecule has 0 saturated carbocycles. The molecule has 1 aromatic carbocycles. The van der Waals surface area contributed by atoms with Gasteiger partial charge in [-0.3, -0.25) is 0 Å². The Hall–Kier alpha value is -1.30. The second-order valence-electron chi connectivity index (χ2n) is 4.38. The van der Waals surface area contributed by atoms with Gasteiger partial charge in [-0.05, 0) is 30.4 Å². The van der Waals surface area contributed by atoms with E-state index < -0.39 is 0 Å². The lowest BCUT2D eigenvalue weighted by Crippen LogP contribution is -1.85. The molecular formula is C15H20. The third-order valence-electron chi connectivity index (χ3n) is 2.38. The Kier molecular flexibility index (Phi) is 4.36. The van der Waals surface area contributed by atoms with Crippen LogP contribution in [-0.2, 0) is 0 Å². The Morgan fingerprint density at radius 2 is 1.87 bits per heavy atom. The molecule has 0 atom stereocenters. The Labute approximate surface area is 93.3 Å². The van der Waals surface area contributed by atoms with Crippen LogP contribution in [0.15, 0.2) is 42.5 Å². The molecule has 0 aliphatic carbocycles. The zero-order chi connectivity index (χ0) is 11.3. The topological polar surface area (TPSA) is 0 Å². The van der Waals surface area contributed by atoms with Crippen LogP contribution in [0.25, 0.3) is 6.08 Å². The van der Waals surface area contributed by atoms with Crippen LogP contribution < -0.4 is 0 Å². The van der Waals surface area contributed by atoms with Crippen LogP contribution in [0.1, 0.15) is 44.2 Å². The molecule has 0 saturated heterocycles. The fourth-order valence-corrected chi connectivity index (χ4v) is 1.39. The molecule has 80 valence electrons. The van der Waals surface area contributed by atoms with E-state index >= 15 is 0 Å². The fourth-order valence-electron chi connectivity index (χ4n) is 1.39. The number of allylic oxidation sites excluding steroid dienone is 2. The van der Waals surface area contributed by atoms with Crippen LogP contribution in [0.4, 0.5) is 0 Å². The van der Waals surface area contributed by atoms with E-state index in [1.54, 1.807) is 0 Å². The molecule has 0 heteroatoms. The Morgan fingerprint density at radius 1 is 1.27 bits per heavy atom. The first-order valence-electron chi connectivity index (χ1n) is 5.50. The maximum absolute atomic E-state index is 3.87. The zero-order valence-corrected chi connectivity index (χ0v) is 9.96. The summed E-state index contributed by atoms with van der Waals surface area (Å²) in [7, 11) is 0. The van der Waals surface area contributed by atoms with Crippen LogP contribution in [0.3, 0.4) is 0 Å². The minimum Gasteiger partial charge on any atom is -0.0998 e. The molecule has 0 unspecified atom stereocenters. The van der Waals surface area contributed by atoms with Gasteiger partial charge < -0.3 is 0 Å². The third kappa shape index (κ3) is 4.16. The summed E-state index contributed by atoms with van der Waals surface area (Å²) in [6, 6.07) is 8.74. The average molecular weight is 200 g/mol. The van der Waals surface area contributed by atoms with E-state index in [0.717, 1.165) is 6.42 Å². The average Bonchev–Trinajstić information content (AvgIpc) is 2.18. The van der Waals surface area contributed by atoms with Gasteiger partial charge in [-0.25, -0.2) is 0 Å². The largest absolute Gasteiger partial charge is 0.0998 e. The smallest absolute Gasteiger partial charge is 0.0141 e. The number of benzene rings is 1. The molecule has 0 radical (unpaired) electrons. The highest BCUT2D eigenvalue weighted by Crippen LogP contribution is 2.15. The van der Waals surface area contributed by atoms with Crippen molar-refractivity contribution >= 4 is 6.08 Å². The molecule has 0 nitrogen and oxygen atoms in total. The van der Waals surface area contributed by atoms with Crippen LogP contribution >= 0.6 is 0 Å². The van der Waals surface area contributed by atoms with Crippen molar-refractivity contribution in [2.24, 2.45) is 0 Å². The number of hydrogen-bond donors (Lipinski definition) is 0. The minimum absolute atomic E-state index is 0.610. The van der Waals surface area contributed by atoms with Crippen molar-refractivity contribution in [3.8, 4) is 0 Å². The monoisotopic (exact) mass is 200 g/mol. The van der Waals surface area contributed by atoms with Gasteiger partial charge in [-0.2, -0.15) is 0 Å². The lowest BCUT2D eigenvalue weighted by molar-refractivity contribution is 0.866. The summed E-state index contributed by atoms with van der Waals surface area (Å²) in [5.74, 6) is 0.610. The summed E-state index contributed by atoms with van der Waals surface area (Å²) in [5.41, 5.74) is 3.86. The second-order valence-corrected chi connectivity index (χ2v) is 4.38. The van der Waals surface area contributed by atoms with Crippen molar-refractivity contribution in [1.29, 1.82) is 0 Å². The predicted octanol–water partition coefficient (Wildman–Crippen LogP) is 4.79. The van der Waals surface area contributed by atoms with Crippen LogP contribution in [0, 0.1) is 0 Å². The van der Waals surface area contributed by atoms with Crippen molar-refractivity contribution < 1.29 is 0 Å². The van der Waals surface area contributed by atoms with Crippen molar-refractivity contribution in [2.75, 3.05) is 0 Å². The second kappa shape index (κ2) is 5.55. The normalized spacial score (nSPS) is 11.2. The summed E-state index contributed by atoms with van der Waals surface area (Å²) in [4.78, 5) is 0. The summed E-state index contributed by atoms with van der Waals surface area (Å²) in [5, 5.41) is 0. The van der Waals surface area contributed by atoms with Gasteiger partial charge in [-0.15, -0.1) is 0 Å². The van der Waals surface area contributed by atoms with Gasteiger partial charge >= 0.3 is 0 Å². The van der Waals surface area contributed by atoms with E-state index in [0.29, 0.717) is 5.92 Å². The maximum Gasteiger partial charge on any atom is -0.0141 e. The lowest BCUT2D eigenvalue weighted by Gasteiger charge is -2.04. The molecule has 0 aliphatic rings. The van der Waals surface area contributed by atoms with Crippen LogP contribution in [0.5, 0.6) is 0 Å². The standard InChI is InChI=1S/C15H20/c1-12(2)6-5-7-14-8-10-15(11-9-14)13(3)4/h5,7-11,13H,1,6H2,2-4H3/b7-5+. The van der Waals surface area contributed by atoms with Crippen molar-refractivity contribution in [3.63, 3.8) is 0 Å². The third-order valence-corrected chi connectivity index (χ3v) is 2.38. The Bertz CT molecular complexity index is 339. The molecule has 0 N–H and O–H groups in total. The van der Waals surface area contributed by atoms with Gasteiger partial charge in [-0.1, -0.05) is 62.4 Å². The van der Waals surface area contributed by atoms with Gasteiger partial charge in [0.1, 0.15) is 0 Å². The van der Waals surface area contributed by atoms with E-state index in [2.05, 4.69) is 56.8 Å². The maximum atomic E-state index is 3.87. The van der Waals surface area contributed by atoms with Crippen molar-refractivity contribution in [2.45, 2.75) is 33.1 Å². The van der Waals surface area contributed by atoms with Gasteiger partial charge in [0.05, 0.1) is 0 Å². The van der Waals surface area contributed by atoms with Gasteiger partial charge in [0.25, 0.3) is 0 Å². The quantitative estimate of drug-likeness (QED) is 0.613. The van der Waals surface area contributed by atoms with E-state index in [4.69, 9.17) is 0 Å². The summed E-state index contributed by atoms with van der Waals surface area (Å²) in [6.45, 7) is 10.3. The van der Waals surface area contributed by atoms with Gasteiger partial charge in [0, 0.05) is 0 Å². The molecule has 0 amide bonds. The van der Waals surface area contributed by atoms with Crippen molar-refractivity contribution in [1.82, 2.24) is 0 Å². The molecule has 1 rings (SSSR count). The number of rotatable bonds is 4. The van der Waals surface area contributed by atoms with Gasteiger partial charge in [0.15, 0.2) is 0 Å². The molecule has 0 heterocycles. The molecule has 15 heavy (non-hydrogen) atoms. The van der Waals surface area contributed by atoms with E-state index in [1.165, 1.54) is 16.7 Å². The van der Waals surface area contributed by atoms with E-state index in [-0.39, 0.29) is 0 Å². The molecule has 0 fully saturated rings. The summed E-state index contributed by atoms with van der Waals surface area (Å²) >= 11 is 0. The molecule has 1 aromatic rings. The lowest BCUT2D eigenvalue weighted by atomic mass is 10.0. The van der Waals surface area contributed by atoms with Crippen LogP contribution in [-0.4, -0.2) is 0 Å². The first kappa shape index (κ1) is 11.8.